The highest BCUT2D eigenvalue weighted by molar-refractivity contribution is 6.18. The predicted molar refractivity (Wildman–Crippen MR) is 262 cm³/mol. The summed E-state index contributed by atoms with van der Waals surface area (Å²) >= 11 is 6.17. The lowest BCUT2D eigenvalue weighted by Crippen LogP contribution is -2.70. The summed E-state index contributed by atoms with van der Waals surface area (Å²) in [7, 11) is 0. The first-order valence-corrected chi connectivity index (χ1v) is 25.0. The molecule has 0 bridgehead atoms. The number of oxime groups is 1. The minimum absolute atomic E-state index is 0.00635. The number of alkyl halides is 1. The summed E-state index contributed by atoms with van der Waals surface area (Å²) in [6.07, 6.45) is 10.1. The van der Waals surface area contributed by atoms with Crippen LogP contribution in [-0.2, 0) is 25.6 Å². The van der Waals surface area contributed by atoms with Gasteiger partial charge in [-0.2, -0.15) is 0 Å². The Kier molecular flexibility index (Phi) is 16.1. The van der Waals surface area contributed by atoms with Crippen LogP contribution in [0, 0.1) is 17.8 Å². The average Bonchev–Trinajstić information content (AvgIpc) is 3.86. The van der Waals surface area contributed by atoms with E-state index in [1.807, 2.05) is 60.7 Å². The van der Waals surface area contributed by atoms with Gasteiger partial charge in [0.05, 0.1) is 30.7 Å². The van der Waals surface area contributed by atoms with Crippen LogP contribution in [0.15, 0.2) is 120 Å². The van der Waals surface area contributed by atoms with E-state index in [2.05, 4.69) is 43.0 Å². The highest BCUT2D eigenvalue weighted by atomic mass is 35.5. The maximum Gasteiger partial charge on any atom is 0.410 e. The van der Waals surface area contributed by atoms with Crippen LogP contribution in [0.2, 0.25) is 0 Å². The van der Waals surface area contributed by atoms with Crippen LogP contribution in [0.1, 0.15) is 81.3 Å². The number of benzene rings is 4. The number of amides is 1. The second kappa shape index (κ2) is 22.9. The molecule has 2 aliphatic carbocycles. The van der Waals surface area contributed by atoms with E-state index in [-0.39, 0.29) is 69.8 Å². The minimum atomic E-state index is -1.52. The molecule has 3 aliphatic heterocycles. The van der Waals surface area contributed by atoms with Crippen LogP contribution in [-0.4, -0.2) is 90.7 Å². The zero-order valence-corrected chi connectivity index (χ0v) is 39.8. The number of hydrogen-bond acceptors (Lipinski definition) is 12. The molecule has 366 valence electrons. The summed E-state index contributed by atoms with van der Waals surface area (Å²) in [5.74, 6) is 0.929. The Morgan fingerprint density at radius 3 is 2.42 bits per heavy atom. The Hall–Kier alpha value is -5.57. The lowest BCUT2D eigenvalue weighted by Gasteiger charge is -2.59. The van der Waals surface area contributed by atoms with Gasteiger partial charge < -0.3 is 48.2 Å². The Morgan fingerprint density at radius 1 is 0.884 bits per heavy atom. The molecule has 4 aromatic carbocycles. The largest absolute Gasteiger partial charge is 0.459 e. The molecule has 13 nitrogen and oxygen atoms in total. The molecular formula is C55H63ClN2O11. The molecule has 9 rings (SSSR count). The zero-order valence-electron chi connectivity index (χ0n) is 39.1. The molecule has 7 atom stereocenters. The third kappa shape index (κ3) is 10.8. The maximum atomic E-state index is 14.8. The molecule has 1 saturated heterocycles. The van der Waals surface area contributed by atoms with E-state index < -0.39 is 30.1 Å². The number of hydrogen-bond donors (Lipinski definition) is 2. The molecule has 14 heteroatoms. The first-order chi connectivity index (χ1) is 33.9. The van der Waals surface area contributed by atoms with Crippen LogP contribution in [0.25, 0.3) is 11.1 Å². The van der Waals surface area contributed by atoms with Crippen LogP contribution < -0.4 is 18.9 Å². The number of nitrogens with zero attached hydrogens (tertiary/aromatic N) is 2. The summed E-state index contributed by atoms with van der Waals surface area (Å²) in [6.45, 7) is 5.09. The van der Waals surface area contributed by atoms with E-state index >= 15 is 0 Å². The van der Waals surface area contributed by atoms with Gasteiger partial charge in [0.15, 0.2) is 11.5 Å². The minimum Gasteiger partial charge on any atom is -0.459 e. The number of aliphatic hydroxyl groups excluding tert-OH is 2. The molecule has 3 heterocycles. The molecule has 4 aromatic rings. The Bertz CT molecular complexity index is 2430. The lowest BCUT2D eigenvalue weighted by atomic mass is 9.55. The number of unbranched alkanes of at least 4 members (excludes halogenated alkanes) is 2. The van der Waals surface area contributed by atoms with E-state index in [4.69, 9.17) is 54.8 Å². The molecule has 0 aromatic heterocycles. The van der Waals surface area contributed by atoms with Gasteiger partial charge in [-0.05, 0) is 115 Å². The molecule has 69 heavy (non-hydrogen) atoms. The van der Waals surface area contributed by atoms with E-state index in [0.717, 1.165) is 66.4 Å². The van der Waals surface area contributed by atoms with Crippen LogP contribution in [0.4, 0.5) is 4.79 Å². The normalized spacial score (nSPS) is 24.9. The fourth-order valence-corrected chi connectivity index (χ4v) is 10.9. The van der Waals surface area contributed by atoms with Crippen LogP contribution in [0.5, 0.6) is 28.7 Å². The highest BCUT2D eigenvalue weighted by Crippen LogP contribution is 2.62. The Balaban J connectivity index is 1.21. The SMILES string of the molecule is C=CCOC12Oc3ccc(Oc4ccc(-c5ccccc5)cc4)cc3C3C(CCCCO)C(CCCCO)C=C(C(=NOC4CCCCO4)CC1N(Cc1ccc4c(c1)OCO4)C(=O)OCCCl)C32. The van der Waals surface area contributed by atoms with Crippen molar-refractivity contribution in [3.05, 3.63) is 126 Å². The van der Waals surface area contributed by atoms with E-state index in [0.29, 0.717) is 60.3 Å². The zero-order chi connectivity index (χ0) is 47.6. The first kappa shape index (κ1) is 48.5. The number of fused-ring (bicyclic) bond motifs is 3. The number of aliphatic hydroxyl groups is 2. The van der Waals surface area contributed by atoms with E-state index in [1.54, 1.807) is 11.0 Å². The van der Waals surface area contributed by atoms with Gasteiger partial charge in [0.25, 0.3) is 0 Å². The van der Waals surface area contributed by atoms with Crippen molar-refractivity contribution in [2.24, 2.45) is 22.9 Å². The monoisotopic (exact) mass is 962 g/mol. The van der Waals surface area contributed by atoms with Crippen LogP contribution in [0.3, 0.4) is 0 Å². The highest BCUT2D eigenvalue weighted by Gasteiger charge is 2.66. The number of carbonyl (C=O) groups excluding carboxylic acids is 1. The molecule has 2 N–H and O–H groups in total. The smallest absolute Gasteiger partial charge is 0.410 e. The summed E-state index contributed by atoms with van der Waals surface area (Å²) in [4.78, 5) is 22.8. The molecule has 5 aliphatic rings. The van der Waals surface area contributed by atoms with Gasteiger partial charge >= 0.3 is 6.09 Å². The Morgan fingerprint density at radius 2 is 1.65 bits per heavy atom. The third-order valence-electron chi connectivity index (χ3n) is 14.0. The lowest BCUT2D eigenvalue weighted by molar-refractivity contribution is -0.256. The average molecular weight is 964 g/mol. The van der Waals surface area contributed by atoms with Crippen molar-refractivity contribution >= 4 is 23.4 Å². The fourth-order valence-electron chi connectivity index (χ4n) is 10.9. The second-order valence-corrected chi connectivity index (χ2v) is 18.7. The van der Waals surface area contributed by atoms with Gasteiger partial charge in [-0.1, -0.05) is 78.7 Å². The predicted octanol–water partition coefficient (Wildman–Crippen LogP) is 10.9. The molecule has 1 amide bonds. The van der Waals surface area contributed by atoms with E-state index in [9.17, 15) is 15.0 Å². The molecule has 7 unspecified atom stereocenters. The number of allylic oxidation sites excluding steroid dienone is 1. The van der Waals surface area contributed by atoms with Crippen molar-refractivity contribution in [1.29, 1.82) is 0 Å². The Labute approximate surface area is 409 Å². The molecular weight excluding hydrogens is 900 g/mol. The van der Waals surface area contributed by atoms with Crippen molar-refractivity contribution in [2.75, 3.05) is 45.7 Å². The summed E-state index contributed by atoms with van der Waals surface area (Å²) in [5.41, 5.74) is 5.47. The van der Waals surface area contributed by atoms with Gasteiger partial charge in [0, 0.05) is 44.1 Å². The van der Waals surface area contributed by atoms with Crippen molar-refractivity contribution in [1.82, 2.24) is 4.90 Å². The standard InChI is InChI=1S/C55H63ClN2O11/c1-2-28-66-55-50(58(54(61)63-30-25-56)35-37-17-23-48-49(31-37)65-36-64-48)34-46(57-69-51-16-8-11-29-62-51)44-32-40(14-6-9-26-59)43(15-7-10-27-60)52(53(44)55)45-33-42(22-24-47(45)68-55)67-41-20-18-39(19-21-41)38-12-4-3-5-13-38/h2-5,12-13,17-24,31-33,40,43,50-53,59-60H,1,6-11,14-16,25-30,34-36H2. The van der Waals surface area contributed by atoms with Crippen molar-refractivity contribution in [3.8, 4) is 39.9 Å². The molecule has 0 radical (unpaired) electrons. The topological polar surface area (TPSA) is 147 Å². The number of carbonyl (C=O) groups is 1. The quantitative estimate of drug-likeness (QED) is 0.0356. The van der Waals surface area contributed by atoms with Crippen molar-refractivity contribution in [2.45, 2.75) is 94.8 Å². The van der Waals surface area contributed by atoms with Crippen LogP contribution >= 0.6 is 11.6 Å². The summed E-state index contributed by atoms with van der Waals surface area (Å²) < 4.78 is 44.7. The summed E-state index contributed by atoms with van der Waals surface area (Å²) in [5, 5.41) is 25.1. The fraction of sp³-hybridized carbons (Fsp3) is 0.455. The van der Waals surface area contributed by atoms with Crippen molar-refractivity contribution in [3.63, 3.8) is 0 Å². The van der Waals surface area contributed by atoms with Gasteiger partial charge in [-0.25, -0.2) is 4.79 Å². The maximum absolute atomic E-state index is 14.8. The van der Waals surface area contributed by atoms with Gasteiger partial charge in [0.2, 0.25) is 18.9 Å². The third-order valence-corrected chi connectivity index (χ3v) is 14.1. The van der Waals surface area contributed by atoms with Gasteiger partial charge in [-0.3, -0.25) is 4.90 Å². The van der Waals surface area contributed by atoms with E-state index in [1.165, 1.54) is 0 Å². The number of ether oxygens (including phenoxy) is 7. The van der Waals surface area contributed by atoms with Gasteiger partial charge in [0.1, 0.15) is 29.9 Å². The molecule has 1 saturated carbocycles. The van der Waals surface area contributed by atoms with Crippen molar-refractivity contribution < 1.29 is 53.0 Å². The molecule has 2 fully saturated rings. The number of rotatable bonds is 21. The number of halogens is 1. The second-order valence-electron chi connectivity index (χ2n) is 18.3. The molecule has 0 spiro atoms. The van der Waals surface area contributed by atoms with Gasteiger partial charge in [-0.15, -0.1) is 18.2 Å². The first-order valence-electron chi connectivity index (χ1n) is 24.5. The summed E-state index contributed by atoms with van der Waals surface area (Å²) in [6, 6.07) is 29.0.